The molecule has 0 spiro atoms. The monoisotopic (exact) mass is 375 g/mol. The first-order valence-electron chi connectivity index (χ1n) is 9.68. The lowest BCUT2D eigenvalue weighted by atomic mass is 9.64. The van der Waals surface area contributed by atoms with Crippen molar-refractivity contribution in [2.75, 3.05) is 18.5 Å². The molecule has 6 heteroatoms. The summed E-state index contributed by atoms with van der Waals surface area (Å²) >= 11 is 0. The molecule has 27 heavy (non-hydrogen) atoms. The van der Waals surface area contributed by atoms with Crippen LogP contribution in [0.5, 0.6) is 0 Å². The molecule has 2 rings (SSSR count). The normalized spacial score (nSPS) is 24.1. The van der Waals surface area contributed by atoms with Crippen molar-refractivity contribution >= 4 is 17.6 Å². The zero-order valence-corrected chi connectivity index (χ0v) is 17.1. The number of anilines is 1. The molecule has 1 aromatic rings. The molecule has 0 bridgehead atoms. The fraction of sp³-hybridized carbons (Fsp3) is 0.619. The van der Waals surface area contributed by atoms with Gasteiger partial charge in [-0.3, -0.25) is 4.79 Å². The number of aryl methyl sites for hydroxylation is 1. The molecule has 150 valence electrons. The van der Waals surface area contributed by atoms with E-state index in [2.05, 4.69) is 36.7 Å². The van der Waals surface area contributed by atoms with E-state index in [1.54, 1.807) is 12.1 Å². The summed E-state index contributed by atoms with van der Waals surface area (Å²) in [6.07, 6.45) is 2.55. The molecule has 4 N–H and O–H groups in total. The number of aliphatic hydroxyl groups excluding tert-OH is 1. The van der Waals surface area contributed by atoms with Gasteiger partial charge in [0.2, 0.25) is 0 Å². The molecule has 2 atom stereocenters. The highest BCUT2D eigenvalue weighted by atomic mass is 16.3. The molecular formula is C21H33N3O3. The van der Waals surface area contributed by atoms with E-state index in [0.29, 0.717) is 23.7 Å². The van der Waals surface area contributed by atoms with Crippen LogP contribution < -0.4 is 16.0 Å². The van der Waals surface area contributed by atoms with Crippen molar-refractivity contribution in [1.82, 2.24) is 10.6 Å². The Labute approximate surface area is 162 Å². The van der Waals surface area contributed by atoms with Gasteiger partial charge in [-0.25, -0.2) is 4.79 Å². The van der Waals surface area contributed by atoms with Crippen LogP contribution in [0.25, 0.3) is 0 Å². The summed E-state index contributed by atoms with van der Waals surface area (Å²) in [6, 6.07) is 4.88. The second-order valence-electron chi connectivity index (χ2n) is 8.76. The van der Waals surface area contributed by atoms with Crippen molar-refractivity contribution in [3.8, 4) is 0 Å². The number of amides is 3. The molecule has 0 aliphatic heterocycles. The molecule has 0 radical (unpaired) electrons. The number of urea groups is 1. The number of nitrogens with one attached hydrogen (secondary N) is 3. The molecular weight excluding hydrogens is 342 g/mol. The van der Waals surface area contributed by atoms with Gasteiger partial charge in [0.15, 0.2) is 0 Å². The standard InChI is InChI=1S/C21H33N3O3/c1-6-22-18(26)16-8-7-15(3)17(9-16)23-19(27)24-21(13-25)11-14(2)10-20(4,5)12-21/h7-9,14,25H,6,10-13H2,1-5H3,(H,22,26)(H2,23,24,27)/t14-,21-/m1/s1. The van der Waals surface area contributed by atoms with Crippen molar-refractivity contribution in [2.45, 2.75) is 59.4 Å². The summed E-state index contributed by atoms with van der Waals surface area (Å²) in [6.45, 7) is 10.7. The number of aliphatic hydroxyl groups is 1. The molecule has 1 aliphatic carbocycles. The predicted molar refractivity (Wildman–Crippen MR) is 108 cm³/mol. The zero-order chi connectivity index (χ0) is 20.2. The third-order valence-corrected chi connectivity index (χ3v) is 5.22. The molecule has 6 nitrogen and oxygen atoms in total. The maximum atomic E-state index is 12.7. The highest BCUT2D eigenvalue weighted by Crippen LogP contribution is 2.43. The molecule has 0 aromatic heterocycles. The first-order valence-corrected chi connectivity index (χ1v) is 9.68. The third-order valence-electron chi connectivity index (χ3n) is 5.22. The van der Waals surface area contributed by atoms with Crippen LogP contribution in [0.3, 0.4) is 0 Å². The second-order valence-corrected chi connectivity index (χ2v) is 8.76. The fourth-order valence-electron chi connectivity index (χ4n) is 4.55. The van der Waals surface area contributed by atoms with E-state index in [-0.39, 0.29) is 24.0 Å². The minimum Gasteiger partial charge on any atom is -0.394 e. The van der Waals surface area contributed by atoms with E-state index in [1.807, 2.05) is 19.9 Å². The average molecular weight is 376 g/mol. The lowest BCUT2D eigenvalue weighted by molar-refractivity contribution is 0.0445. The van der Waals surface area contributed by atoms with Gasteiger partial charge in [0.05, 0.1) is 12.1 Å². The minimum absolute atomic E-state index is 0.0573. The summed E-state index contributed by atoms with van der Waals surface area (Å²) in [5, 5.41) is 18.7. The molecule has 3 amide bonds. The van der Waals surface area contributed by atoms with E-state index in [0.717, 1.165) is 24.8 Å². The van der Waals surface area contributed by atoms with Gasteiger partial charge >= 0.3 is 6.03 Å². The van der Waals surface area contributed by atoms with Gasteiger partial charge in [0, 0.05) is 17.8 Å². The Morgan fingerprint density at radius 3 is 2.56 bits per heavy atom. The van der Waals surface area contributed by atoms with Crippen molar-refractivity contribution in [1.29, 1.82) is 0 Å². The Balaban J connectivity index is 2.14. The Morgan fingerprint density at radius 2 is 1.96 bits per heavy atom. The summed E-state index contributed by atoms with van der Waals surface area (Å²) in [7, 11) is 0. The fourth-order valence-corrected chi connectivity index (χ4v) is 4.55. The van der Waals surface area contributed by atoms with Crippen LogP contribution in [0.2, 0.25) is 0 Å². The summed E-state index contributed by atoms with van der Waals surface area (Å²) in [4.78, 5) is 24.7. The van der Waals surface area contributed by atoms with Crippen molar-refractivity contribution < 1.29 is 14.7 Å². The topological polar surface area (TPSA) is 90.5 Å². The van der Waals surface area contributed by atoms with Gasteiger partial charge in [0.1, 0.15) is 0 Å². The van der Waals surface area contributed by atoms with Crippen LogP contribution in [0.1, 0.15) is 62.9 Å². The highest BCUT2D eigenvalue weighted by Gasteiger charge is 2.43. The van der Waals surface area contributed by atoms with Gasteiger partial charge < -0.3 is 21.1 Å². The summed E-state index contributed by atoms with van der Waals surface area (Å²) in [5.74, 6) is 0.250. The SMILES string of the molecule is CCNC(=O)c1ccc(C)c(NC(=O)N[C@]2(CO)C[C@H](C)CC(C)(C)C2)c1. The van der Waals surface area contributed by atoms with Crippen LogP contribution >= 0.6 is 0 Å². The van der Waals surface area contributed by atoms with Gasteiger partial charge in [0.25, 0.3) is 5.91 Å². The van der Waals surface area contributed by atoms with Crippen LogP contribution in [0, 0.1) is 18.3 Å². The summed E-state index contributed by atoms with van der Waals surface area (Å²) < 4.78 is 0. The van der Waals surface area contributed by atoms with Crippen molar-refractivity contribution in [2.24, 2.45) is 11.3 Å². The highest BCUT2D eigenvalue weighted by molar-refractivity contribution is 5.97. The lowest BCUT2D eigenvalue weighted by Gasteiger charge is -2.47. The number of rotatable bonds is 5. The van der Waals surface area contributed by atoms with Crippen LogP contribution in [0.15, 0.2) is 18.2 Å². The Kier molecular flexibility index (Phi) is 6.52. The first kappa shape index (κ1) is 21.2. The van der Waals surface area contributed by atoms with Crippen molar-refractivity contribution in [3.05, 3.63) is 29.3 Å². The largest absolute Gasteiger partial charge is 0.394 e. The maximum absolute atomic E-state index is 12.7. The molecule has 1 fully saturated rings. The molecule has 1 aliphatic rings. The smallest absolute Gasteiger partial charge is 0.319 e. The number of carbonyl (C=O) groups excluding carboxylic acids is 2. The van der Waals surface area contributed by atoms with Crippen LogP contribution in [-0.2, 0) is 0 Å². The molecule has 0 heterocycles. The van der Waals surface area contributed by atoms with Gasteiger partial charge in [-0.05, 0) is 62.1 Å². The average Bonchev–Trinajstić information content (AvgIpc) is 2.55. The molecule has 0 saturated heterocycles. The number of hydrogen-bond donors (Lipinski definition) is 4. The van der Waals surface area contributed by atoms with E-state index in [1.165, 1.54) is 0 Å². The second kappa shape index (κ2) is 8.30. The Bertz CT molecular complexity index is 702. The van der Waals surface area contributed by atoms with E-state index < -0.39 is 5.54 Å². The van der Waals surface area contributed by atoms with Gasteiger partial charge in [-0.1, -0.05) is 26.8 Å². The number of hydrogen-bond acceptors (Lipinski definition) is 3. The first-order chi connectivity index (χ1) is 12.6. The van der Waals surface area contributed by atoms with Gasteiger partial charge in [-0.15, -0.1) is 0 Å². The number of carbonyl (C=O) groups is 2. The Morgan fingerprint density at radius 1 is 1.26 bits per heavy atom. The lowest BCUT2D eigenvalue weighted by Crippen LogP contribution is -2.58. The molecule has 0 unspecified atom stereocenters. The predicted octanol–water partition coefficient (Wildman–Crippen LogP) is 3.44. The zero-order valence-electron chi connectivity index (χ0n) is 17.1. The van der Waals surface area contributed by atoms with E-state index in [9.17, 15) is 14.7 Å². The molecule has 1 aromatic carbocycles. The van der Waals surface area contributed by atoms with E-state index >= 15 is 0 Å². The molecule has 1 saturated carbocycles. The van der Waals surface area contributed by atoms with Crippen molar-refractivity contribution in [3.63, 3.8) is 0 Å². The quantitative estimate of drug-likeness (QED) is 0.635. The third kappa shape index (κ3) is 5.45. The van der Waals surface area contributed by atoms with E-state index in [4.69, 9.17) is 0 Å². The maximum Gasteiger partial charge on any atom is 0.319 e. The summed E-state index contributed by atoms with van der Waals surface area (Å²) in [5.41, 5.74) is 1.39. The Hall–Kier alpha value is -2.08. The van der Waals surface area contributed by atoms with Crippen LogP contribution in [0.4, 0.5) is 10.5 Å². The minimum atomic E-state index is -0.629. The van der Waals surface area contributed by atoms with Crippen LogP contribution in [-0.4, -0.2) is 35.7 Å². The van der Waals surface area contributed by atoms with Gasteiger partial charge in [-0.2, -0.15) is 0 Å². The number of benzene rings is 1.